The van der Waals surface area contributed by atoms with E-state index in [1.165, 1.54) is 11.6 Å². The van der Waals surface area contributed by atoms with Crippen LogP contribution in [0.1, 0.15) is 28.5 Å². The van der Waals surface area contributed by atoms with E-state index in [4.69, 9.17) is 0 Å². The van der Waals surface area contributed by atoms with Crippen LogP contribution in [0.25, 0.3) is 5.69 Å². The predicted molar refractivity (Wildman–Crippen MR) is 143 cm³/mol. The van der Waals surface area contributed by atoms with Crippen molar-refractivity contribution in [3.05, 3.63) is 106 Å². The number of carbonyl (C=O) groups excluding carboxylic acids is 3. The van der Waals surface area contributed by atoms with Gasteiger partial charge in [0.2, 0.25) is 11.8 Å². The van der Waals surface area contributed by atoms with Gasteiger partial charge in [-0.05, 0) is 55.0 Å². The second-order valence-corrected chi connectivity index (χ2v) is 8.57. The Balaban J connectivity index is 1.45. The summed E-state index contributed by atoms with van der Waals surface area (Å²) in [7, 11) is 1.75. The summed E-state index contributed by atoms with van der Waals surface area (Å²) in [5.41, 5.74) is 3.32. The minimum atomic E-state index is -0.462. The van der Waals surface area contributed by atoms with Crippen LogP contribution in [0, 0.1) is 6.92 Å². The molecule has 0 aliphatic heterocycles. The van der Waals surface area contributed by atoms with Crippen LogP contribution in [0.3, 0.4) is 0 Å². The van der Waals surface area contributed by atoms with E-state index >= 15 is 0 Å². The lowest BCUT2D eigenvalue weighted by molar-refractivity contribution is -0.116. The zero-order valence-electron chi connectivity index (χ0n) is 20.7. The first kappa shape index (κ1) is 25.2. The van der Waals surface area contributed by atoms with Gasteiger partial charge >= 0.3 is 0 Å². The maximum atomic E-state index is 13.1. The molecule has 1 heterocycles. The van der Waals surface area contributed by atoms with Gasteiger partial charge < -0.3 is 16.0 Å². The number of para-hydroxylation sites is 1. The lowest BCUT2D eigenvalue weighted by Gasteiger charge is -2.09. The second-order valence-electron chi connectivity index (χ2n) is 8.57. The molecule has 0 fully saturated rings. The van der Waals surface area contributed by atoms with Crippen molar-refractivity contribution >= 4 is 34.8 Å². The fourth-order valence-corrected chi connectivity index (χ4v) is 3.94. The van der Waals surface area contributed by atoms with E-state index < -0.39 is 5.91 Å². The molecule has 0 radical (unpaired) electrons. The molecule has 3 N–H and O–H groups in total. The molecule has 37 heavy (non-hydrogen) atoms. The summed E-state index contributed by atoms with van der Waals surface area (Å²) in [6.07, 6.45) is 0.124. The molecule has 0 atom stereocenters. The Hall–Kier alpha value is -4.92. The van der Waals surface area contributed by atoms with Crippen LogP contribution in [-0.4, -0.2) is 27.1 Å². The third kappa shape index (κ3) is 5.84. The first-order chi connectivity index (χ1) is 17.7. The first-order valence-corrected chi connectivity index (χ1v) is 11.6. The van der Waals surface area contributed by atoms with E-state index in [2.05, 4.69) is 16.0 Å². The number of nitrogens with one attached hydrogen (secondary N) is 3. The topological polar surface area (TPSA) is 114 Å². The van der Waals surface area contributed by atoms with Crippen molar-refractivity contribution in [2.24, 2.45) is 7.05 Å². The zero-order chi connectivity index (χ0) is 26.5. The number of anilines is 3. The Morgan fingerprint density at radius 3 is 2.19 bits per heavy atom. The van der Waals surface area contributed by atoms with Crippen molar-refractivity contribution in [2.45, 2.75) is 20.3 Å². The fraction of sp³-hybridized carbons (Fsp3) is 0.143. The van der Waals surface area contributed by atoms with Gasteiger partial charge in [-0.3, -0.25) is 23.9 Å². The van der Waals surface area contributed by atoms with Gasteiger partial charge in [0.15, 0.2) is 0 Å². The van der Waals surface area contributed by atoms with Gasteiger partial charge in [-0.25, -0.2) is 4.68 Å². The minimum absolute atomic E-state index is 0.124. The van der Waals surface area contributed by atoms with Crippen LogP contribution in [0.4, 0.5) is 17.1 Å². The van der Waals surface area contributed by atoms with Gasteiger partial charge in [0.25, 0.3) is 11.5 Å². The fourth-order valence-electron chi connectivity index (χ4n) is 3.94. The summed E-state index contributed by atoms with van der Waals surface area (Å²) in [6, 6.07) is 22.7. The SMILES string of the molecule is CC(=O)Nc1ccc(CC(=O)Nc2cccc(C(=O)Nc3c(C)n(C)n(-c4ccccc4)c3=O)c2)cc1. The molecule has 0 aliphatic carbocycles. The number of benzene rings is 3. The largest absolute Gasteiger partial charge is 0.326 e. The number of carbonyl (C=O) groups is 3. The highest BCUT2D eigenvalue weighted by Gasteiger charge is 2.19. The highest BCUT2D eigenvalue weighted by Crippen LogP contribution is 2.17. The van der Waals surface area contributed by atoms with Crippen LogP contribution in [0.2, 0.25) is 0 Å². The molecule has 1 aromatic heterocycles. The highest BCUT2D eigenvalue weighted by atomic mass is 16.2. The number of amides is 3. The average Bonchev–Trinajstić information content (AvgIpc) is 3.08. The molecule has 0 aliphatic rings. The molecule has 4 rings (SSSR count). The standard InChI is InChI=1S/C28H27N5O4/c1-18-26(28(37)33(32(18)3)24-10-5-4-6-11-24)31-27(36)21-8-7-9-23(17-21)30-25(35)16-20-12-14-22(15-13-20)29-19(2)34/h4-15,17H,16H2,1-3H3,(H,29,34)(H,30,35)(H,31,36). The Morgan fingerprint density at radius 2 is 1.51 bits per heavy atom. The van der Waals surface area contributed by atoms with E-state index in [9.17, 15) is 19.2 Å². The van der Waals surface area contributed by atoms with Crippen LogP contribution in [0.15, 0.2) is 83.7 Å². The lowest BCUT2D eigenvalue weighted by atomic mass is 10.1. The van der Waals surface area contributed by atoms with Gasteiger partial charge in [0, 0.05) is 30.9 Å². The van der Waals surface area contributed by atoms with E-state index in [1.54, 1.807) is 67.2 Å². The Morgan fingerprint density at radius 1 is 0.811 bits per heavy atom. The number of hydrogen-bond donors (Lipinski definition) is 3. The molecule has 3 aromatic carbocycles. The second kappa shape index (κ2) is 10.8. The smallest absolute Gasteiger partial charge is 0.295 e. The van der Waals surface area contributed by atoms with Crippen molar-refractivity contribution in [3.63, 3.8) is 0 Å². The van der Waals surface area contributed by atoms with E-state index in [0.29, 0.717) is 28.3 Å². The van der Waals surface area contributed by atoms with Crippen LogP contribution >= 0.6 is 0 Å². The van der Waals surface area contributed by atoms with Crippen molar-refractivity contribution in [2.75, 3.05) is 16.0 Å². The van der Waals surface area contributed by atoms with Crippen molar-refractivity contribution in [3.8, 4) is 5.69 Å². The average molecular weight is 498 g/mol. The molecule has 188 valence electrons. The molecule has 0 unspecified atom stereocenters. The first-order valence-electron chi connectivity index (χ1n) is 11.6. The summed E-state index contributed by atoms with van der Waals surface area (Å²) in [6.45, 7) is 3.19. The maximum Gasteiger partial charge on any atom is 0.295 e. The third-order valence-corrected chi connectivity index (χ3v) is 5.84. The normalized spacial score (nSPS) is 10.6. The van der Waals surface area contributed by atoms with Gasteiger partial charge in [0.1, 0.15) is 5.69 Å². The van der Waals surface area contributed by atoms with E-state index in [1.807, 2.05) is 30.3 Å². The number of hydrogen-bond acceptors (Lipinski definition) is 4. The molecule has 9 heteroatoms. The monoisotopic (exact) mass is 497 g/mol. The predicted octanol–water partition coefficient (Wildman–Crippen LogP) is 3.88. The molecule has 0 saturated heterocycles. The van der Waals surface area contributed by atoms with E-state index in [0.717, 1.165) is 5.56 Å². The molecule has 0 spiro atoms. The number of aromatic nitrogens is 2. The van der Waals surface area contributed by atoms with Gasteiger partial charge in [0.05, 0.1) is 17.8 Å². The summed E-state index contributed by atoms with van der Waals surface area (Å²) < 4.78 is 3.18. The highest BCUT2D eigenvalue weighted by molar-refractivity contribution is 6.05. The minimum Gasteiger partial charge on any atom is -0.326 e. The number of nitrogens with zero attached hydrogens (tertiary/aromatic N) is 2. The summed E-state index contributed by atoms with van der Waals surface area (Å²) in [5.74, 6) is -0.885. The summed E-state index contributed by atoms with van der Waals surface area (Å²) >= 11 is 0. The molecular formula is C28H27N5O4. The van der Waals surface area contributed by atoms with Crippen molar-refractivity contribution < 1.29 is 14.4 Å². The Bertz CT molecular complexity index is 1520. The van der Waals surface area contributed by atoms with Crippen LogP contribution in [-0.2, 0) is 23.1 Å². The van der Waals surface area contributed by atoms with Crippen LogP contribution < -0.4 is 21.5 Å². The zero-order valence-corrected chi connectivity index (χ0v) is 20.7. The van der Waals surface area contributed by atoms with Gasteiger partial charge in [-0.2, -0.15) is 0 Å². The van der Waals surface area contributed by atoms with Crippen molar-refractivity contribution in [1.82, 2.24) is 9.36 Å². The Labute approximate surface area is 213 Å². The van der Waals surface area contributed by atoms with E-state index in [-0.39, 0.29) is 29.5 Å². The van der Waals surface area contributed by atoms with Crippen molar-refractivity contribution in [1.29, 1.82) is 0 Å². The summed E-state index contributed by atoms with van der Waals surface area (Å²) in [5, 5.41) is 8.20. The van der Waals surface area contributed by atoms with Gasteiger partial charge in [-0.15, -0.1) is 0 Å². The van der Waals surface area contributed by atoms with Crippen LogP contribution in [0.5, 0.6) is 0 Å². The third-order valence-electron chi connectivity index (χ3n) is 5.84. The molecule has 0 saturated carbocycles. The maximum absolute atomic E-state index is 13.1. The molecule has 4 aromatic rings. The molecule has 9 nitrogen and oxygen atoms in total. The molecule has 0 bridgehead atoms. The quantitative estimate of drug-likeness (QED) is 0.360. The number of rotatable bonds is 7. The van der Waals surface area contributed by atoms with Gasteiger partial charge in [-0.1, -0.05) is 36.4 Å². The molecule has 3 amide bonds. The summed E-state index contributed by atoms with van der Waals surface area (Å²) in [4.78, 5) is 49.8. The lowest BCUT2D eigenvalue weighted by Crippen LogP contribution is -2.23. The Kier molecular flexibility index (Phi) is 7.34. The molecular weight excluding hydrogens is 470 g/mol.